The van der Waals surface area contributed by atoms with Crippen LogP contribution in [0.4, 0.5) is 0 Å². The lowest BCUT2D eigenvalue weighted by Crippen LogP contribution is -2.05. The summed E-state index contributed by atoms with van der Waals surface area (Å²) < 4.78 is 10.0. The van der Waals surface area contributed by atoms with Crippen LogP contribution in [0.2, 0.25) is 10.0 Å². The van der Waals surface area contributed by atoms with Crippen LogP contribution in [-0.2, 0) is 32.3 Å². The number of ether oxygens (including phenoxy) is 2. The molecule has 0 atom stereocenters. The second-order valence-corrected chi connectivity index (χ2v) is 5.55. The van der Waals surface area contributed by atoms with E-state index < -0.39 is 11.9 Å². The van der Waals surface area contributed by atoms with E-state index in [1.54, 1.807) is 48.5 Å². The van der Waals surface area contributed by atoms with E-state index in [9.17, 15) is 9.59 Å². The van der Waals surface area contributed by atoms with Gasteiger partial charge < -0.3 is 9.47 Å². The van der Waals surface area contributed by atoms with Crippen LogP contribution in [0.3, 0.4) is 0 Å². The average molecular weight is 365 g/mol. The average Bonchev–Trinajstić information content (AvgIpc) is 2.58. The Morgan fingerprint density at radius 2 is 1.12 bits per heavy atom. The molecule has 0 heterocycles. The maximum absolute atomic E-state index is 11.6. The Kier molecular flexibility index (Phi) is 6.85. The SMILES string of the molecule is O=C(C=CC(=O)OCc1ccccc1Cl)OCc1ccccc1Cl. The summed E-state index contributed by atoms with van der Waals surface area (Å²) in [6.07, 6.45) is 2.01. The molecule has 6 heteroatoms. The van der Waals surface area contributed by atoms with Crippen molar-refractivity contribution in [2.24, 2.45) is 0 Å². The molecule has 0 spiro atoms. The molecule has 0 unspecified atom stereocenters. The summed E-state index contributed by atoms with van der Waals surface area (Å²) in [5.74, 6) is -1.32. The van der Waals surface area contributed by atoms with Crippen LogP contribution in [0, 0.1) is 0 Å². The van der Waals surface area contributed by atoms with Crippen LogP contribution < -0.4 is 0 Å². The molecule has 0 aromatic heterocycles. The molecule has 0 aliphatic rings. The van der Waals surface area contributed by atoms with Crippen molar-refractivity contribution in [3.8, 4) is 0 Å². The third-order valence-corrected chi connectivity index (χ3v) is 3.75. The molecule has 2 aromatic carbocycles. The van der Waals surface area contributed by atoms with Gasteiger partial charge in [-0.15, -0.1) is 0 Å². The van der Waals surface area contributed by atoms with Gasteiger partial charge in [0.15, 0.2) is 0 Å². The first-order valence-corrected chi connectivity index (χ1v) is 7.80. The smallest absolute Gasteiger partial charge is 0.331 e. The maximum atomic E-state index is 11.6. The van der Waals surface area contributed by atoms with Gasteiger partial charge in [0.05, 0.1) is 0 Å². The van der Waals surface area contributed by atoms with Gasteiger partial charge in [-0.05, 0) is 12.1 Å². The largest absolute Gasteiger partial charge is 0.458 e. The standard InChI is InChI=1S/C18H14Cl2O4/c19-15-7-3-1-5-13(15)11-23-17(21)9-10-18(22)24-12-14-6-2-4-8-16(14)20/h1-10H,11-12H2. The zero-order chi connectivity index (χ0) is 17.4. The highest BCUT2D eigenvalue weighted by atomic mass is 35.5. The molecule has 0 fully saturated rings. The molecule has 4 nitrogen and oxygen atoms in total. The van der Waals surface area contributed by atoms with Gasteiger partial charge in [0, 0.05) is 33.3 Å². The molecule has 0 saturated heterocycles. The van der Waals surface area contributed by atoms with Crippen molar-refractivity contribution in [3.63, 3.8) is 0 Å². The van der Waals surface area contributed by atoms with Crippen LogP contribution in [0.5, 0.6) is 0 Å². The summed E-state index contributed by atoms with van der Waals surface area (Å²) >= 11 is 11.9. The second kappa shape index (κ2) is 9.11. The summed E-state index contributed by atoms with van der Waals surface area (Å²) in [6, 6.07) is 14.0. The topological polar surface area (TPSA) is 52.6 Å². The predicted octanol–water partition coefficient (Wildman–Crippen LogP) is 4.34. The Hall–Kier alpha value is -2.30. The lowest BCUT2D eigenvalue weighted by molar-refractivity contribution is -0.141. The molecular weight excluding hydrogens is 351 g/mol. The van der Waals surface area contributed by atoms with E-state index in [0.29, 0.717) is 21.2 Å². The van der Waals surface area contributed by atoms with E-state index >= 15 is 0 Å². The Morgan fingerprint density at radius 1 is 0.750 bits per heavy atom. The van der Waals surface area contributed by atoms with Gasteiger partial charge in [0.25, 0.3) is 0 Å². The lowest BCUT2D eigenvalue weighted by Gasteiger charge is -2.05. The summed E-state index contributed by atoms with van der Waals surface area (Å²) in [5, 5.41) is 1.02. The van der Waals surface area contributed by atoms with Crippen LogP contribution in [0.1, 0.15) is 11.1 Å². The van der Waals surface area contributed by atoms with Crippen molar-refractivity contribution in [1.82, 2.24) is 0 Å². The van der Waals surface area contributed by atoms with E-state index in [1.807, 2.05) is 0 Å². The van der Waals surface area contributed by atoms with Crippen LogP contribution in [0.25, 0.3) is 0 Å². The molecule has 0 aliphatic heterocycles. The molecule has 0 saturated carbocycles. The monoisotopic (exact) mass is 364 g/mol. The van der Waals surface area contributed by atoms with Crippen molar-refractivity contribution in [1.29, 1.82) is 0 Å². The lowest BCUT2D eigenvalue weighted by atomic mass is 10.2. The summed E-state index contributed by atoms with van der Waals surface area (Å²) in [4.78, 5) is 23.2. The minimum atomic E-state index is -0.662. The molecule has 2 rings (SSSR count). The molecule has 124 valence electrons. The fraction of sp³-hybridized carbons (Fsp3) is 0.111. The van der Waals surface area contributed by atoms with Crippen molar-refractivity contribution in [3.05, 3.63) is 81.9 Å². The number of hydrogen-bond acceptors (Lipinski definition) is 4. The fourth-order valence-corrected chi connectivity index (χ4v) is 2.14. The minimum Gasteiger partial charge on any atom is -0.458 e. The highest BCUT2D eigenvalue weighted by Gasteiger charge is 2.05. The third kappa shape index (κ3) is 5.72. The minimum absolute atomic E-state index is 0.0253. The van der Waals surface area contributed by atoms with Gasteiger partial charge in [-0.1, -0.05) is 59.6 Å². The molecule has 0 amide bonds. The first-order chi connectivity index (χ1) is 11.6. The molecular formula is C18H14Cl2O4. The van der Waals surface area contributed by atoms with Gasteiger partial charge in [0.1, 0.15) is 13.2 Å². The quantitative estimate of drug-likeness (QED) is 0.565. The van der Waals surface area contributed by atoms with Crippen LogP contribution >= 0.6 is 23.2 Å². The number of rotatable bonds is 6. The number of carbonyl (C=O) groups excluding carboxylic acids is 2. The highest BCUT2D eigenvalue weighted by molar-refractivity contribution is 6.31. The number of benzene rings is 2. The first kappa shape index (κ1) is 18.0. The van der Waals surface area contributed by atoms with E-state index in [0.717, 1.165) is 12.2 Å². The number of hydrogen-bond donors (Lipinski definition) is 0. The van der Waals surface area contributed by atoms with Crippen LogP contribution in [-0.4, -0.2) is 11.9 Å². The molecule has 0 N–H and O–H groups in total. The number of halogens is 2. The van der Waals surface area contributed by atoms with E-state index in [4.69, 9.17) is 32.7 Å². The summed E-state index contributed by atoms with van der Waals surface area (Å²) in [6.45, 7) is 0.0506. The number of esters is 2. The van der Waals surface area contributed by atoms with Gasteiger partial charge >= 0.3 is 11.9 Å². The summed E-state index contributed by atoms with van der Waals surface area (Å²) in [5.41, 5.74) is 1.37. The zero-order valence-electron chi connectivity index (χ0n) is 12.6. The second-order valence-electron chi connectivity index (χ2n) is 4.73. The van der Waals surface area contributed by atoms with Crippen molar-refractivity contribution < 1.29 is 19.1 Å². The Bertz CT molecular complexity index is 693. The van der Waals surface area contributed by atoms with Gasteiger partial charge in [0.2, 0.25) is 0 Å². The van der Waals surface area contributed by atoms with Gasteiger partial charge in [-0.3, -0.25) is 0 Å². The third-order valence-electron chi connectivity index (χ3n) is 3.01. The molecule has 0 bridgehead atoms. The Labute approximate surface area is 149 Å². The van der Waals surface area contributed by atoms with E-state index in [-0.39, 0.29) is 13.2 Å². The van der Waals surface area contributed by atoms with Gasteiger partial charge in [-0.2, -0.15) is 0 Å². The molecule has 24 heavy (non-hydrogen) atoms. The van der Waals surface area contributed by atoms with E-state index in [2.05, 4.69) is 0 Å². The predicted molar refractivity (Wildman–Crippen MR) is 91.6 cm³/mol. The van der Waals surface area contributed by atoms with Crippen LogP contribution in [0.15, 0.2) is 60.7 Å². The van der Waals surface area contributed by atoms with E-state index in [1.165, 1.54) is 0 Å². The zero-order valence-corrected chi connectivity index (χ0v) is 14.1. The van der Waals surface area contributed by atoms with Crippen molar-refractivity contribution >= 4 is 35.1 Å². The van der Waals surface area contributed by atoms with Crippen molar-refractivity contribution in [2.75, 3.05) is 0 Å². The fourth-order valence-electron chi connectivity index (χ4n) is 1.76. The highest BCUT2D eigenvalue weighted by Crippen LogP contribution is 2.16. The maximum Gasteiger partial charge on any atom is 0.331 e. The Morgan fingerprint density at radius 3 is 1.50 bits per heavy atom. The molecule has 0 aliphatic carbocycles. The van der Waals surface area contributed by atoms with Crippen molar-refractivity contribution in [2.45, 2.75) is 13.2 Å². The molecule has 2 aromatic rings. The normalized spacial score (nSPS) is 10.6. The number of carbonyl (C=O) groups is 2. The Balaban J connectivity index is 1.78. The first-order valence-electron chi connectivity index (χ1n) is 7.04. The summed E-state index contributed by atoms with van der Waals surface area (Å²) in [7, 11) is 0. The molecule has 0 radical (unpaired) electrons. The van der Waals surface area contributed by atoms with Gasteiger partial charge in [-0.25, -0.2) is 9.59 Å².